The molecule has 0 atom stereocenters. The Balaban J connectivity index is 1.65. The number of anilines is 2. The van der Waals surface area contributed by atoms with Gasteiger partial charge in [-0.05, 0) is 88.8 Å². The Kier molecular flexibility index (Phi) is 13.2. The molecule has 3 heteroatoms. The van der Waals surface area contributed by atoms with Gasteiger partial charge in [0.15, 0.2) is 0 Å². The second-order valence-corrected chi connectivity index (χ2v) is 13.4. The van der Waals surface area contributed by atoms with Crippen LogP contribution in [0.5, 0.6) is 0 Å². The molecule has 0 heterocycles. The predicted molar refractivity (Wildman–Crippen MR) is 219 cm³/mol. The lowest BCUT2D eigenvalue weighted by Gasteiger charge is -2.27. The topological polar surface area (TPSA) is 9.49 Å². The molecule has 0 aliphatic heterocycles. The highest BCUT2D eigenvalue weighted by atomic mass is 15.1. The Bertz CT molecular complexity index is 1720. The van der Waals surface area contributed by atoms with Gasteiger partial charge in [0, 0.05) is 71.3 Å². The molecule has 4 aromatic carbocycles. The van der Waals surface area contributed by atoms with E-state index in [9.17, 15) is 0 Å². The highest BCUT2D eigenvalue weighted by molar-refractivity contribution is 6.17. The van der Waals surface area contributed by atoms with Crippen LogP contribution in [0.1, 0.15) is 77.3 Å². The number of allylic oxidation sites excluding steroid dienone is 8. The van der Waals surface area contributed by atoms with Crippen LogP contribution in [0.2, 0.25) is 0 Å². The fraction of sp³-hybridized carbons (Fsp3) is 0.298. The van der Waals surface area contributed by atoms with Crippen LogP contribution in [-0.4, -0.2) is 18.8 Å². The molecule has 0 radical (unpaired) electrons. The third-order valence-corrected chi connectivity index (χ3v) is 9.71. The van der Waals surface area contributed by atoms with Gasteiger partial charge in [-0.1, -0.05) is 112 Å². The van der Waals surface area contributed by atoms with Crippen LogP contribution in [0.15, 0.2) is 156 Å². The molecule has 5 rings (SSSR count). The summed E-state index contributed by atoms with van der Waals surface area (Å²) in [5, 5.41) is 0. The third kappa shape index (κ3) is 9.01. The molecule has 0 unspecified atom stereocenters. The molecule has 4 aromatic rings. The zero-order valence-corrected chi connectivity index (χ0v) is 31.2. The molecule has 0 spiro atoms. The van der Waals surface area contributed by atoms with E-state index in [1.54, 1.807) is 0 Å². The van der Waals surface area contributed by atoms with E-state index in [1.807, 2.05) is 0 Å². The Morgan fingerprint density at radius 2 is 0.940 bits per heavy atom. The van der Waals surface area contributed by atoms with Gasteiger partial charge in [0.1, 0.15) is 0 Å². The highest BCUT2D eigenvalue weighted by Gasteiger charge is 2.32. The smallest absolute Gasteiger partial charge is 0.218 e. The average molecular weight is 663 g/mol. The van der Waals surface area contributed by atoms with Crippen molar-refractivity contribution in [1.29, 1.82) is 0 Å². The largest absolute Gasteiger partial charge is 0.345 e. The third-order valence-electron chi connectivity index (χ3n) is 9.71. The maximum atomic E-state index is 2.50. The van der Waals surface area contributed by atoms with Gasteiger partial charge in [-0.25, -0.2) is 0 Å². The van der Waals surface area contributed by atoms with E-state index in [4.69, 9.17) is 0 Å². The molecule has 1 aliphatic rings. The van der Waals surface area contributed by atoms with Crippen LogP contribution < -0.4 is 14.4 Å². The monoisotopic (exact) mass is 662 g/mol. The van der Waals surface area contributed by atoms with E-state index in [-0.39, 0.29) is 0 Å². The summed E-state index contributed by atoms with van der Waals surface area (Å²) in [6.07, 6.45) is 16.1. The Morgan fingerprint density at radius 3 is 1.32 bits per heavy atom. The van der Waals surface area contributed by atoms with Crippen molar-refractivity contribution in [3.63, 3.8) is 0 Å². The maximum absolute atomic E-state index is 2.50. The standard InChI is InChI=1S/C47H56N3/c1-7-9-35-48(45-27-19-17-21-37(45)3)39(5)29-31-41-33-34-42(32-30-40(6)49(36-10-8-2)46-28-20-18-22-38(46)4)47(41)50(43-23-13-11-14-24-43)44-25-15-12-16-26-44/h11-32H,7-10,33-36H2,1-6H3/q+1. The molecular formula is C47H56N3+. The molecule has 0 bridgehead atoms. The minimum absolute atomic E-state index is 0.991. The van der Waals surface area contributed by atoms with E-state index >= 15 is 0 Å². The number of unbranched alkanes of at least 4 members (excludes halogenated alkanes) is 2. The van der Waals surface area contributed by atoms with Crippen LogP contribution >= 0.6 is 0 Å². The molecule has 1 fully saturated rings. The molecular weight excluding hydrogens is 607 g/mol. The van der Waals surface area contributed by atoms with Crippen molar-refractivity contribution in [2.24, 2.45) is 0 Å². The molecule has 50 heavy (non-hydrogen) atoms. The van der Waals surface area contributed by atoms with Crippen LogP contribution in [0, 0.1) is 13.8 Å². The number of rotatable bonds is 14. The van der Waals surface area contributed by atoms with Crippen molar-refractivity contribution >= 4 is 28.5 Å². The first-order valence-corrected chi connectivity index (χ1v) is 18.6. The van der Waals surface area contributed by atoms with E-state index in [2.05, 4.69) is 189 Å². The number of aryl methyl sites for hydroxylation is 2. The number of hydrogen-bond acceptors (Lipinski definition) is 2. The van der Waals surface area contributed by atoms with Crippen molar-refractivity contribution in [3.05, 3.63) is 167 Å². The van der Waals surface area contributed by atoms with Gasteiger partial charge >= 0.3 is 0 Å². The Morgan fingerprint density at radius 1 is 0.560 bits per heavy atom. The molecule has 258 valence electrons. The quantitative estimate of drug-likeness (QED) is 0.124. The molecule has 0 saturated heterocycles. The number of nitrogens with zero attached hydrogens (tertiary/aromatic N) is 3. The summed E-state index contributed by atoms with van der Waals surface area (Å²) >= 11 is 0. The first kappa shape index (κ1) is 36.4. The number of para-hydroxylation sites is 4. The molecule has 3 nitrogen and oxygen atoms in total. The van der Waals surface area contributed by atoms with Gasteiger partial charge in [-0.15, -0.1) is 0 Å². The summed E-state index contributed by atoms with van der Waals surface area (Å²) in [5.41, 5.74) is 14.1. The minimum Gasteiger partial charge on any atom is -0.345 e. The zero-order valence-electron chi connectivity index (χ0n) is 31.2. The molecule has 0 amide bonds. The van der Waals surface area contributed by atoms with Crippen molar-refractivity contribution in [2.45, 2.75) is 80.1 Å². The summed E-state index contributed by atoms with van der Waals surface area (Å²) in [6.45, 7) is 15.5. The predicted octanol–water partition coefficient (Wildman–Crippen LogP) is 12.6. The first-order valence-electron chi connectivity index (χ1n) is 18.6. The lowest BCUT2D eigenvalue weighted by atomic mass is 10.1. The van der Waals surface area contributed by atoms with Crippen molar-refractivity contribution in [1.82, 2.24) is 4.58 Å². The summed E-state index contributed by atoms with van der Waals surface area (Å²) in [7, 11) is 0. The van der Waals surface area contributed by atoms with Crippen LogP contribution in [0.3, 0.4) is 0 Å². The number of benzene rings is 4. The zero-order chi connectivity index (χ0) is 35.3. The van der Waals surface area contributed by atoms with Crippen molar-refractivity contribution < 1.29 is 0 Å². The average Bonchev–Trinajstić information content (AvgIpc) is 3.54. The minimum atomic E-state index is 0.991. The fourth-order valence-corrected chi connectivity index (χ4v) is 6.85. The van der Waals surface area contributed by atoms with E-state index in [0.29, 0.717) is 0 Å². The normalized spacial score (nSPS) is 15.2. The van der Waals surface area contributed by atoms with Gasteiger partial charge in [-0.2, -0.15) is 4.58 Å². The first-order chi connectivity index (χ1) is 24.4. The second kappa shape index (κ2) is 18.2. The summed E-state index contributed by atoms with van der Waals surface area (Å²) < 4.78 is 2.46. The molecule has 1 saturated carbocycles. The lowest BCUT2D eigenvalue weighted by molar-refractivity contribution is 0.764. The van der Waals surface area contributed by atoms with Gasteiger partial charge in [-0.3, -0.25) is 0 Å². The molecule has 1 aliphatic carbocycles. The second-order valence-electron chi connectivity index (χ2n) is 13.4. The van der Waals surface area contributed by atoms with Crippen molar-refractivity contribution in [3.8, 4) is 0 Å². The summed E-state index contributed by atoms with van der Waals surface area (Å²) in [6, 6.07) is 39.2. The van der Waals surface area contributed by atoms with Crippen LogP contribution in [-0.2, 0) is 0 Å². The van der Waals surface area contributed by atoms with Gasteiger partial charge in [0.2, 0.25) is 17.1 Å². The van der Waals surface area contributed by atoms with E-state index in [1.165, 1.54) is 75.0 Å². The van der Waals surface area contributed by atoms with Gasteiger partial charge in [0.05, 0.1) is 0 Å². The van der Waals surface area contributed by atoms with Crippen LogP contribution in [0.25, 0.3) is 0 Å². The Labute approximate surface area is 302 Å². The van der Waals surface area contributed by atoms with Gasteiger partial charge in [0.25, 0.3) is 0 Å². The van der Waals surface area contributed by atoms with Crippen molar-refractivity contribution in [2.75, 3.05) is 22.9 Å². The molecule has 0 aromatic heterocycles. The fourth-order valence-electron chi connectivity index (χ4n) is 6.85. The SMILES string of the molecule is CCCCN(C(C)=CC=C1CC/C(=C\C=C(/C)N(CCCC)c2ccccc2C)C1=[N+](c1ccccc1)c1ccccc1)c1ccccc1C. The van der Waals surface area contributed by atoms with Crippen LogP contribution in [0.4, 0.5) is 22.7 Å². The Hall–Kier alpha value is -4.89. The van der Waals surface area contributed by atoms with E-state index in [0.717, 1.165) is 38.8 Å². The number of hydrogen-bond donors (Lipinski definition) is 0. The molecule has 0 N–H and O–H groups in total. The highest BCUT2D eigenvalue weighted by Crippen LogP contribution is 2.34. The maximum Gasteiger partial charge on any atom is 0.218 e. The summed E-state index contributed by atoms with van der Waals surface area (Å²) in [4.78, 5) is 4.99. The van der Waals surface area contributed by atoms with Gasteiger partial charge < -0.3 is 9.80 Å². The summed E-state index contributed by atoms with van der Waals surface area (Å²) in [5.74, 6) is 0. The van der Waals surface area contributed by atoms with E-state index < -0.39 is 0 Å². The lowest BCUT2D eigenvalue weighted by Crippen LogP contribution is -2.23.